The van der Waals surface area contributed by atoms with Crippen LogP contribution in [0.4, 0.5) is 0 Å². The second-order valence-electron chi connectivity index (χ2n) is 6.74. The van der Waals surface area contributed by atoms with E-state index in [4.69, 9.17) is 14.2 Å². The molecular weight excluding hydrogens is 290 g/mol. The molecule has 1 saturated carbocycles. The highest BCUT2D eigenvalue weighted by molar-refractivity contribution is 5.50. The molecular formula is C19H29NO3. The zero-order chi connectivity index (χ0) is 16.2. The van der Waals surface area contributed by atoms with Crippen molar-refractivity contribution in [2.45, 2.75) is 51.1 Å². The predicted octanol–water partition coefficient (Wildman–Crippen LogP) is 3.87. The van der Waals surface area contributed by atoms with E-state index in [1.165, 1.54) is 50.6 Å². The average molecular weight is 319 g/mol. The first kappa shape index (κ1) is 16.4. The van der Waals surface area contributed by atoms with Gasteiger partial charge in [0.1, 0.15) is 5.75 Å². The molecule has 0 amide bonds. The van der Waals surface area contributed by atoms with Crippen molar-refractivity contribution in [2.75, 3.05) is 27.9 Å². The van der Waals surface area contributed by atoms with Crippen LogP contribution in [0.25, 0.3) is 0 Å². The van der Waals surface area contributed by atoms with Crippen molar-refractivity contribution in [3.8, 4) is 17.2 Å². The lowest BCUT2D eigenvalue weighted by molar-refractivity contribution is 0.0540. The van der Waals surface area contributed by atoms with Crippen LogP contribution >= 0.6 is 0 Å². The topological polar surface area (TPSA) is 30.9 Å². The number of methoxy groups -OCH3 is 3. The third-order valence-electron chi connectivity index (χ3n) is 5.52. The summed E-state index contributed by atoms with van der Waals surface area (Å²) >= 11 is 0. The minimum Gasteiger partial charge on any atom is -0.496 e. The van der Waals surface area contributed by atoms with Gasteiger partial charge in [-0.1, -0.05) is 12.8 Å². The fourth-order valence-electron chi connectivity index (χ4n) is 4.36. The second kappa shape index (κ2) is 7.43. The molecule has 0 N–H and O–H groups in total. The van der Waals surface area contributed by atoms with Gasteiger partial charge >= 0.3 is 0 Å². The number of fused-ring (bicyclic) bond motifs is 1. The molecule has 23 heavy (non-hydrogen) atoms. The van der Waals surface area contributed by atoms with Crippen molar-refractivity contribution in [2.24, 2.45) is 5.92 Å². The van der Waals surface area contributed by atoms with Gasteiger partial charge in [-0.15, -0.1) is 0 Å². The molecule has 1 saturated heterocycles. The molecule has 0 radical (unpaired) electrons. The van der Waals surface area contributed by atoms with E-state index in [-0.39, 0.29) is 0 Å². The Hall–Kier alpha value is -1.42. The van der Waals surface area contributed by atoms with E-state index in [1.54, 1.807) is 21.3 Å². The summed E-state index contributed by atoms with van der Waals surface area (Å²) in [5.74, 6) is 3.28. The van der Waals surface area contributed by atoms with E-state index >= 15 is 0 Å². The Balaban J connectivity index is 1.83. The fraction of sp³-hybridized carbons (Fsp3) is 0.684. The number of hydrogen-bond acceptors (Lipinski definition) is 4. The summed E-state index contributed by atoms with van der Waals surface area (Å²) in [4.78, 5) is 2.66. The third-order valence-corrected chi connectivity index (χ3v) is 5.52. The number of piperidine rings is 1. The van der Waals surface area contributed by atoms with Gasteiger partial charge < -0.3 is 14.2 Å². The van der Waals surface area contributed by atoms with Gasteiger partial charge in [0.2, 0.25) is 0 Å². The van der Waals surface area contributed by atoms with E-state index in [1.807, 2.05) is 6.07 Å². The number of likely N-dealkylation sites (tertiary alicyclic amines) is 1. The maximum Gasteiger partial charge on any atom is 0.164 e. The molecule has 1 aromatic rings. The molecule has 0 aromatic heterocycles. The van der Waals surface area contributed by atoms with Gasteiger partial charge in [0, 0.05) is 24.2 Å². The minimum atomic E-state index is 0.724. The highest BCUT2D eigenvalue weighted by Gasteiger charge is 2.33. The van der Waals surface area contributed by atoms with Crippen LogP contribution in [0.2, 0.25) is 0 Å². The molecule has 0 bridgehead atoms. The molecule has 3 rings (SSSR count). The van der Waals surface area contributed by atoms with Gasteiger partial charge in [-0.25, -0.2) is 0 Å². The fourth-order valence-corrected chi connectivity index (χ4v) is 4.36. The van der Waals surface area contributed by atoms with Crippen molar-refractivity contribution in [1.82, 2.24) is 4.90 Å². The number of rotatable bonds is 5. The summed E-state index contributed by atoms with van der Waals surface area (Å²) in [6, 6.07) is 4.76. The van der Waals surface area contributed by atoms with Crippen molar-refractivity contribution < 1.29 is 14.2 Å². The minimum absolute atomic E-state index is 0.724. The third kappa shape index (κ3) is 3.42. The maximum absolute atomic E-state index is 5.60. The van der Waals surface area contributed by atoms with Gasteiger partial charge in [0.25, 0.3) is 0 Å². The van der Waals surface area contributed by atoms with Crippen molar-refractivity contribution in [1.29, 1.82) is 0 Å². The lowest BCUT2D eigenvalue weighted by Crippen LogP contribution is -2.46. The molecule has 2 unspecified atom stereocenters. The van der Waals surface area contributed by atoms with Gasteiger partial charge in [0.05, 0.1) is 21.3 Å². The molecule has 1 aromatic carbocycles. The first-order valence-electron chi connectivity index (χ1n) is 8.79. The van der Waals surface area contributed by atoms with Crippen molar-refractivity contribution in [3.63, 3.8) is 0 Å². The zero-order valence-electron chi connectivity index (χ0n) is 14.6. The molecule has 2 fully saturated rings. The molecule has 1 aliphatic carbocycles. The van der Waals surface area contributed by atoms with E-state index < -0.39 is 0 Å². The van der Waals surface area contributed by atoms with Crippen molar-refractivity contribution in [3.05, 3.63) is 17.7 Å². The Labute approximate surface area is 139 Å². The lowest BCUT2D eigenvalue weighted by Gasteiger charge is -2.44. The van der Waals surface area contributed by atoms with Crippen LogP contribution in [0.3, 0.4) is 0 Å². The zero-order valence-corrected chi connectivity index (χ0v) is 14.6. The Bertz CT molecular complexity index is 530. The monoisotopic (exact) mass is 319 g/mol. The quantitative estimate of drug-likeness (QED) is 0.824. The highest BCUT2D eigenvalue weighted by Crippen LogP contribution is 2.39. The second-order valence-corrected chi connectivity index (χ2v) is 6.74. The van der Waals surface area contributed by atoms with E-state index in [0.29, 0.717) is 0 Å². The van der Waals surface area contributed by atoms with Gasteiger partial charge in [0.15, 0.2) is 11.5 Å². The standard InChI is InChI=1S/C19H29NO3/c1-21-17-12-19(23-3)18(22-2)11-15(17)13-20-10-6-8-14-7-4-5-9-16(14)20/h11-12,14,16H,4-10,13H2,1-3H3. The van der Waals surface area contributed by atoms with Gasteiger partial charge in [-0.2, -0.15) is 0 Å². The largest absolute Gasteiger partial charge is 0.496 e. The highest BCUT2D eigenvalue weighted by atomic mass is 16.5. The molecule has 4 nitrogen and oxygen atoms in total. The number of ether oxygens (including phenoxy) is 3. The molecule has 2 atom stereocenters. The van der Waals surface area contributed by atoms with Gasteiger partial charge in [-0.3, -0.25) is 4.90 Å². The van der Waals surface area contributed by atoms with Gasteiger partial charge in [-0.05, 0) is 44.2 Å². The van der Waals surface area contributed by atoms with Crippen LogP contribution in [0.1, 0.15) is 44.1 Å². The number of benzene rings is 1. The lowest BCUT2D eigenvalue weighted by atomic mass is 9.78. The van der Waals surface area contributed by atoms with Crippen molar-refractivity contribution >= 4 is 0 Å². The molecule has 2 aliphatic rings. The Morgan fingerprint density at radius 2 is 1.52 bits per heavy atom. The number of nitrogens with zero attached hydrogens (tertiary/aromatic N) is 1. The smallest absolute Gasteiger partial charge is 0.164 e. The Morgan fingerprint density at radius 3 is 2.26 bits per heavy atom. The predicted molar refractivity (Wildman–Crippen MR) is 91.5 cm³/mol. The van der Waals surface area contributed by atoms with E-state index in [0.717, 1.165) is 35.8 Å². The first-order valence-corrected chi connectivity index (χ1v) is 8.79. The van der Waals surface area contributed by atoms with E-state index in [9.17, 15) is 0 Å². The van der Waals surface area contributed by atoms with Crippen LogP contribution in [0.15, 0.2) is 12.1 Å². The Kier molecular flexibility index (Phi) is 5.31. The summed E-state index contributed by atoms with van der Waals surface area (Å²) in [5.41, 5.74) is 1.19. The average Bonchev–Trinajstić information content (AvgIpc) is 2.61. The van der Waals surface area contributed by atoms with E-state index in [2.05, 4.69) is 11.0 Å². The number of hydrogen-bond donors (Lipinski definition) is 0. The normalized spacial score (nSPS) is 24.8. The summed E-state index contributed by atoms with van der Waals surface area (Å²) < 4.78 is 16.5. The molecule has 0 spiro atoms. The maximum atomic E-state index is 5.60. The van der Waals surface area contributed by atoms with Crippen LogP contribution in [-0.4, -0.2) is 38.8 Å². The summed E-state index contributed by atoms with van der Waals surface area (Å²) in [6.45, 7) is 2.13. The van der Waals surface area contributed by atoms with Crippen LogP contribution < -0.4 is 14.2 Å². The van der Waals surface area contributed by atoms with Crippen LogP contribution in [-0.2, 0) is 6.54 Å². The molecule has 1 aliphatic heterocycles. The van der Waals surface area contributed by atoms with Crippen LogP contribution in [0, 0.1) is 5.92 Å². The Morgan fingerprint density at radius 1 is 0.870 bits per heavy atom. The summed E-state index contributed by atoms with van der Waals surface area (Å²) in [7, 11) is 5.07. The molecule has 4 heteroatoms. The first-order chi connectivity index (χ1) is 11.3. The SMILES string of the molecule is COc1cc(OC)c(OC)cc1CN1CCCC2CCCCC21. The molecule has 128 valence electrons. The van der Waals surface area contributed by atoms with Crippen LogP contribution in [0.5, 0.6) is 17.2 Å². The summed E-state index contributed by atoms with van der Waals surface area (Å²) in [6.07, 6.45) is 8.26. The summed E-state index contributed by atoms with van der Waals surface area (Å²) in [5, 5.41) is 0. The molecule has 1 heterocycles.